The lowest BCUT2D eigenvalue weighted by atomic mass is 10.4. The molecule has 0 rings (SSSR count). The number of phosphoric ester groups is 1. The van der Waals surface area contributed by atoms with E-state index in [0.717, 1.165) is 6.26 Å². The zero-order valence-electron chi connectivity index (χ0n) is 8.33. The Bertz CT molecular complexity index is 224. The van der Waals surface area contributed by atoms with E-state index in [4.69, 9.17) is 5.11 Å². The zero-order valence-corrected chi connectivity index (χ0v) is 9.23. The standard InChI is InChI=1S/C7H16NO6P/c1-2-12-5-7(9)6-14-15(10,11)13-4-3-8/h2,7,9H,1,3-6,8H2,(H,10,11)/t7-/m1/s1. The molecule has 0 aliphatic carbocycles. The van der Waals surface area contributed by atoms with Crippen molar-refractivity contribution in [1.82, 2.24) is 0 Å². The normalized spacial score (nSPS) is 16.7. The van der Waals surface area contributed by atoms with Crippen LogP contribution in [0.2, 0.25) is 0 Å². The SMILES string of the molecule is C=COC[C@@H](O)COP(=O)([O-])OCC[NH3+]. The molecule has 0 bridgehead atoms. The van der Waals surface area contributed by atoms with Crippen LogP contribution in [0.3, 0.4) is 0 Å². The largest absolute Gasteiger partial charge is 0.756 e. The first kappa shape index (κ1) is 14.6. The highest BCUT2D eigenvalue weighted by Crippen LogP contribution is 2.37. The number of phosphoric acid groups is 1. The van der Waals surface area contributed by atoms with Crippen molar-refractivity contribution in [3.05, 3.63) is 12.8 Å². The first-order valence-corrected chi connectivity index (χ1v) is 5.78. The molecule has 0 aromatic carbocycles. The number of hydrogen-bond donors (Lipinski definition) is 2. The van der Waals surface area contributed by atoms with Gasteiger partial charge in [-0.25, -0.2) is 0 Å². The summed E-state index contributed by atoms with van der Waals surface area (Å²) in [6.45, 7) is 3.04. The molecule has 0 radical (unpaired) electrons. The summed E-state index contributed by atoms with van der Waals surface area (Å²) in [5, 5.41) is 9.14. The van der Waals surface area contributed by atoms with Crippen LogP contribution in [-0.2, 0) is 18.3 Å². The highest BCUT2D eigenvalue weighted by Gasteiger charge is 2.13. The van der Waals surface area contributed by atoms with Crippen LogP contribution < -0.4 is 10.6 Å². The van der Waals surface area contributed by atoms with E-state index in [1.165, 1.54) is 0 Å². The Morgan fingerprint density at radius 2 is 2.20 bits per heavy atom. The van der Waals surface area contributed by atoms with Crippen molar-refractivity contribution >= 4 is 7.82 Å². The molecule has 0 aliphatic rings. The molecule has 8 heteroatoms. The fraction of sp³-hybridized carbons (Fsp3) is 0.714. The van der Waals surface area contributed by atoms with Gasteiger partial charge in [0.1, 0.15) is 19.3 Å². The van der Waals surface area contributed by atoms with Gasteiger partial charge in [-0.1, -0.05) is 6.58 Å². The lowest BCUT2D eigenvalue weighted by molar-refractivity contribution is -0.373. The Hall–Kier alpha value is -0.430. The molecule has 0 saturated heterocycles. The molecule has 90 valence electrons. The van der Waals surface area contributed by atoms with Crippen molar-refractivity contribution in [2.45, 2.75) is 6.10 Å². The monoisotopic (exact) mass is 241 g/mol. The van der Waals surface area contributed by atoms with Gasteiger partial charge in [0.05, 0.1) is 19.4 Å². The molecule has 7 nitrogen and oxygen atoms in total. The van der Waals surface area contributed by atoms with Crippen LogP contribution in [-0.4, -0.2) is 37.6 Å². The molecule has 0 fully saturated rings. The van der Waals surface area contributed by atoms with Crippen molar-refractivity contribution in [3.8, 4) is 0 Å². The van der Waals surface area contributed by atoms with Gasteiger partial charge in [0.15, 0.2) is 0 Å². The van der Waals surface area contributed by atoms with Gasteiger partial charge in [0.25, 0.3) is 7.82 Å². The molecule has 15 heavy (non-hydrogen) atoms. The summed E-state index contributed by atoms with van der Waals surface area (Å²) < 4.78 is 24.3. The molecule has 0 spiro atoms. The van der Waals surface area contributed by atoms with E-state index < -0.39 is 20.5 Å². The van der Waals surface area contributed by atoms with Crippen LogP contribution in [0.5, 0.6) is 0 Å². The van der Waals surface area contributed by atoms with Crippen LogP contribution >= 0.6 is 7.82 Å². The zero-order chi connectivity index (χ0) is 11.7. The van der Waals surface area contributed by atoms with Crippen LogP contribution in [0.1, 0.15) is 0 Å². The average Bonchev–Trinajstić information content (AvgIpc) is 2.21. The number of quaternary nitrogens is 1. The second kappa shape index (κ2) is 7.81. The molecule has 0 heterocycles. The van der Waals surface area contributed by atoms with Crippen LogP contribution in [0, 0.1) is 0 Å². The Morgan fingerprint density at radius 3 is 2.73 bits per heavy atom. The summed E-state index contributed by atoms with van der Waals surface area (Å²) in [6.07, 6.45) is 0.0906. The fourth-order valence-corrected chi connectivity index (χ4v) is 1.40. The molecule has 0 aromatic heterocycles. The van der Waals surface area contributed by atoms with Crippen molar-refractivity contribution in [2.24, 2.45) is 0 Å². The third-order valence-electron chi connectivity index (χ3n) is 1.23. The lowest BCUT2D eigenvalue weighted by Gasteiger charge is -2.23. The van der Waals surface area contributed by atoms with Gasteiger partial charge in [0, 0.05) is 0 Å². The van der Waals surface area contributed by atoms with Crippen LogP contribution in [0.15, 0.2) is 12.8 Å². The average molecular weight is 241 g/mol. The minimum atomic E-state index is -4.33. The van der Waals surface area contributed by atoms with Gasteiger partial charge >= 0.3 is 0 Å². The lowest BCUT2D eigenvalue weighted by Crippen LogP contribution is -2.52. The molecule has 2 atom stereocenters. The highest BCUT2D eigenvalue weighted by molar-refractivity contribution is 7.45. The predicted octanol–water partition coefficient (Wildman–Crippen LogP) is -1.75. The molecule has 0 amide bonds. The Labute approximate surface area is 88.1 Å². The van der Waals surface area contributed by atoms with Crippen molar-refractivity contribution in [1.29, 1.82) is 0 Å². The van der Waals surface area contributed by atoms with E-state index in [9.17, 15) is 9.46 Å². The van der Waals surface area contributed by atoms with E-state index in [2.05, 4.69) is 26.1 Å². The van der Waals surface area contributed by atoms with Gasteiger partial charge < -0.3 is 29.5 Å². The minimum Gasteiger partial charge on any atom is -0.756 e. The summed E-state index contributed by atoms with van der Waals surface area (Å²) in [5.41, 5.74) is 3.40. The highest BCUT2D eigenvalue weighted by atomic mass is 31.2. The Morgan fingerprint density at radius 1 is 1.53 bits per heavy atom. The molecule has 1 unspecified atom stereocenters. The molecule has 4 N–H and O–H groups in total. The third-order valence-corrected chi connectivity index (χ3v) is 2.19. The maximum absolute atomic E-state index is 11.0. The molecular weight excluding hydrogens is 225 g/mol. The fourth-order valence-electron chi connectivity index (χ4n) is 0.618. The summed E-state index contributed by atoms with van der Waals surface area (Å²) in [7, 11) is -4.33. The quantitative estimate of drug-likeness (QED) is 0.365. The maximum Gasteiger partial charge on any atom is 0.268 e. The van der Waals surface area contributed by atoms with E-state index in [-0.39, 0.29) is 13.2 Å². The van der Waals surface area contributed by atoms with Gasteiger partial charge in [-0.2, -0.15) is 0 Å². The molecular formula is C7H16NO6P. The number of ether oxygens (including phenoxy) is 1. The predicted molar refractivity (Wildman–Crippen MR) is 49.4 cm³/mol. The van der Waals surface area contributed by atoms with E-state index in [0.29, 0.717) is 6.54 Å². The van der Waals surface area contributed by atoms with E-state index in [1.54, 1.807) is 0 Å². The van der Waals surface area contributed by atoms with Gasteiger partial charge in [-0.3, -0.25) is 4.57 Å². The van der Waals surface area contributed by atoms with Gasteiger partial charge in [-0.05, 0) is 0 Å². The van der Waals surface area contributed by atoms with Crippen molar-refractivity contribution in [2.75, 3.05) is 26.4 Å². The van der Waals surface area contributed by atoms with Crippen LogP contribution in [0.4, 0.5) is 0 Å². The van der Waals surface area contributed by atoms with E-state index >= 15 is 0 Å². The number of hydrogen-bond acceptors (Lipinski definition) is 6. The molecule has 0 saturated carbocycles. The second-order valence-electron chi connectivity index (χ2n) is 2.58. The number of aliphatic hydroxyl groups excluding tert-OH is 1. The number of aliphatic hydroxyl groups is 1. The van der Waals surface area contributed by atoms with Gasteiger partial charge in [0.2, 0.25) is 0 Å². The first-order valence-electron chi connectivity index (χ1n) is 4.31. The Balaban J connectivity index is 3.71. The third kappa shape index (κ3) is 8.56. The van der Waals surface area contributed by atoms with E-state index in [1.807, 2.05) is 0 Å². The number of rotatable bonds is 9. The first-order chi connectivity index (χ1) is 7.02. The van der Waals surface area contributed by atoms with Crippen molar-refractivity contribution < 1.29 is 34.1 Å². The van der Waals surface area contributed by atoms with Crippen LogP contribution in [0.25, 0.3) is 0 Å². The second-order valence-corrected chi connectivity index (χ2v) is 3.99. The Kier molecular flexibility index (Phi) is 7.59. The minimum absolute atomic E-state index is 0.0416. The van der Waals surface area contributed by atoms with Gasteiger partial charge in [-0.15, -0.1) is 0 Å². The smallest absolute Gasteiger partial charge is 0.268 e. The topological polar surface area (TPSA) is 116 Å². The molecule has 0 aliphatic heterocycles. The summed E-state index contributed by atoms with van der Waals surface area (Å²) >= 11 is 0. The molecule has 0 aromatic rings. The van der Waals surface area contributed by atoms with Crippen molar-refractivity contribution in [3.63, 3.8) is 0 Å². The maximum atomic E-state index is 11.0. The summed E-state index contributed by atoms with van der Waals surface area (Å²) in [5.74, 6) is 0. The summed E-state index contributed by atoms with van der Waals surface area (Å²) in [4.78, 5) is 11.0. The summed E-state index contributed by atoms with van der Waals surface area (Å²) in [6, 6.07) is 0.